The highest BCUT2D eigenvalue weighted by Crippen LogP contribution is 2.31. The van der Waals surface area contributed by atoms with Gasteiger partial charge in [0.15, 0.2) is 23.9 Å². The van der Waals surface area contributed by atoms with Gasteiger partial charge in [-0.3, -0.25) is 9.78 Å². The Labute approximate surface area is 162 Å². The van der Waals surface area contributed by atoms with E-state index < -0.39 is 5.97 Å². The van der Waals surface area contributed by atoms with Gasteiger partial charge in [0.05, 0.1) is 11.1 Å². The Bertz CT molecular complexity index is 1090. The third-order valence-electron chi connectivity index (χ3n) is 4.51. The van der Waals surface area contributed by atoms with Crippen LogP contribution in [0.2, 0.25) is 0 Å². The fourth-order valence-corrected chi connectivity index (χ4v) is 3.15. The quantitative estimate of drug-likeness (QED) is 0.510. The molecular formula is C22H19NO5. The number of aryl methyl sites for hydroxylation is 2. The van der Waals surface area contributed by atoms with Gasteiger partial charge in [-0.15, -0.1) is 0 Å². The predicted octanol–water partition coefficient (Wildman–Crippen LogP) is 3.66. The van der Waals surface area contributed by atoms with Gasteiger partial charge >= 0.3 is 5.97 Å². The summed E-state index contributed by atoms with van der Waals surface area (Å²) in [7, 11) is 0. The van der Waals surface area contributed by atoms with Crippen LogP contribution in [0.25, 0.3) is 10.9 Å². The number of benzene rings is 2. The molecule has 2 aromatic carbocycles. The normalized spacial score (nSPS) is 12.6. The lowest BCUT2D eigenvalue weighted by molar-refractivity contribution is 0.0476. The van der Waals surface area contributed by atoms with E-state index in [9.17, 15) is 9.59 Å². The van der Waals surface area contributed by atoms with Gasteiger partial charge in [0.25, 0.3) is 0 Å². The van der Waals surface area contributed by atoms with Crippen LogP contribution in [0.4, 0.5) is 0 Å². The Balaban J connectivity index is 1.52. The largest absolute Gasteiger partial charge is 0.486 e. The number of fused-ring (bicyclic) bond motifs is 2. The zero-order valence-electron chi connectivity index (χ0n) is 15.7. The number of hydrogen-bond donors (Lipinski definition) is 0. The predicted molar refractivity (Wildman–Crippen MR) is 103 cm³/mol. The third-order valence-corrected chi connectivity index (χ3v) is 4.51. The number of ether oxygens (including phenoxy) is 3. The van der Waals surface area contributed by atoms with E-state index in [0.717, 1.165) is 11.1 Å². The lowest BCUT2D eigenvalue weighted by atomic mass is 10.1. The van der Waals surface area contributed by atoms with E-state index in [1.54, 1.807) is 24.3 Å². The molecule has 0 unspecified atom stereocenters. The molecule has 0 fully saturated rings. The maximum atomic E-state index is 12.6. The van der Waals surface area contributed by atoms with Crippen LogP contribution in [-0.4, -0.2) is 36.6 Å². The molecule has 0 aliphatic carbocycles. The molecule has 0 amide bonds. The molecule has 2 heterocycles. The van der Waals surface area contributed by atoms with E-state index in [4.69, 9.17) is 14.2 Å². The van der Waals surface area contributed by atoms with Crippen molar-refractivity contribution >= 4 is 22.7 Å². The van der Waals surface area contributed by atoms with Crippen molar-refractivity contribution < 1.29 is 23.8 Å². The van der Waals surface area contributed by atoms with E-state index in [1.807, 2.05) is 32.0 Å². The first-order chi connectivity index (χ1) is 13.5. The summed E-state index contributed by atoms with van der Waals surface area (Å²) in [5, 5.41) is 0.711. The van der Waals surface area contributed by atoms with Crippen LogP contribution in [0.3, 0.4) is 0 Å². The molecule has 0 radical (unpaired) electrons. The second-order valence-corrected chi connectivity index (χ2v) is 6.69. The third kappa shape index (κ3) is 3.53. The first-order valence-electron chi connectivity index (χ1n) is 8.99. The van der Waals surface area contributed by atoms with Gasteiger partial charge in [-0.05, 0) is 50.2 Å². The van der Waals surface area contributed by atoms with E-state index in [2.05, 4.69) is 4.98 Å². The van der Waals surface area contributed by atoms with Crippen molar-refractivity contribution in [3.05, 3.63) is 64.8 Å². The van der Waals surface area contributed by atoms with Crippen LogP contribution in [0.5, 0.6) is 11.5 Å². The maximum Gasteiger partial charge on any atom is 0.339 e. The van der Waals surface area contributed by atoms with E-state index in [1.165, 1.54) is 0 Å². The summed E-state index contributed by atoms with van der Waals surface area (Å²) in [6.07, 6.45) is 0. The van der Waals surface area contributed by atoms with E-state index in [0.29, 0.717) is 46.9 Å². The number of hydrogen-bond acceptors (Lipinski definition) is 6. The SMILES string of the molecule is Cc1ccc2nc(C)cc(C(=O)OCC(=O)c3ccc4c(c3)OCCO4)c2c1. The highest BCUT2D eigenvalue weighted by molar-refractivity contribution is 6.05. The second-order valence-electron chi connectivity index (χ2n) is 6.69. The fraction of sp³-hybridized carbons (Fsp3) is 0.227. The Kier molecular flexibility index (Phi) is 4.69. The van der Waals surface area contributed by atoms with Crippen molar-refractivity contribution in [3.63, 3.8) is 0 Å². The number of carbonyl (C=O) groups excluding carboxylic acids is 2. The standard InChI is InChI=1S/C22H19NO5/c1-13-3-5-18-16(9-13)17(10-14(2)23-18)22(25)28-12-19(24)15-4-6-20-21(11-15)27-8-7-26-20/h3-6,9-11H,7-8,12H2,1-2H3. The molecule has 142 valence electrons. The molecule has 1 aliphatic rings. The first kappa shape index (κ1) is 18.0. The van der Waals surface area contributed by atoms with Crippen LogP contribution in [-0.2, 0) is 4.74 Å². The van der Waals surface area contributed by atoms with Crippen LogP contribution < -0.4 is 9.47 Å². The van der Waals surface area contributed by atoms with Crippen LogP contribution in [0.15, 0.2) is 42.5 Å². The summed E-state index contributed by atoms with van der Waals surface area (Å²) in [6.45, 7) is 4.33. The zero-order chi connectivity index (χ0) is 19.7. The molecule has 0 N–H and O–H groups in total. The number of carbonyl (C=O) groups is 2. The minimum absolute atomic E-state index is 0.309. The smallest absolute Gasteiger partial charge is 0.339 e. The first-order valence-corrected chi connectivity index (χ1v) is 8.99. The molecule has 6 nitrogen and oxygen atoms in total. The molecule has 0 bridgehead atoms. The molecule has 0 saturated carbocycles. The number of pyridine rings is 1. The Morgan fingerprint density at radius 1 is 1.00 bits per heavy atom. The van der Waals surface area contributed by atoms with Crippen molar-refractivity contribution in [2.75, 3.05) is 19.8 Å². The molecule has 1 aliphatic heterocycles. The van der Waals surface area contributed by atoms with Crippen LogP contribution in [0.1, 0.15) is 32.0 Å². The molecule has 6 heteroatoms. The lowest BCUT2D eigenvalue weighted by Crippen LogP contribution is -2.17. The highest BCUT2D eigenvalue weighted by atomic mass is 16.6. The molecule has 1 aromatic heterocycles. The summed E-state index contributed by atoms with van der Waals surface area (Å²) < 4.78 is 16.2. The summed E-state index contributed by atoms with van der Waals surface area (Å²) in [5.41, 5.74) is 3.25. The second kappa shape index (κ2) is 7.31. The highest BCUT2D eigenvalue weighted by Gasteiger charge is 2.18. The molecule has 4 rings (SSSR count). The van der Waals surface area contributed by atoms with E-state index in [-0.39, 0.29) is 12.4 Å². The molecular weight excluding hydrogens is 358 g/mol. The fourth-order valence-electron chi connectivity index (χ4n) is 3.15. The number of rotatable bonds is 4. The summed E-state index contributed by atoms with van der Waals surface area (Å²) >= 11 is 0. The van der Waals surface area contributed by atoms with Crippen molar-refractivity contribution in [1.29, 1.82) is 0 Å². The monoisotopic (exact) mass is 377 g/mol. The van der Waals surface area contributed by atoms with Gasteiger partial charge in [0, 0.05) is 16.6 Å². The van der Waals surface area contributed by atoms with Gasteiger partial charge in [0.1, 0.15) is 13.2 Å². The minimum Gasteiger partial charge on any atom is -0.486 e. The van der Waals surface area contributed by atoms with Crippen LogP contribution in [0, 0.1) is 13.8 Å². The van der Waals surface area contributed by atoms with Crippen LogP contribution >= 0.6 is 0 Å². The summed E-state index contributed by atoms with van der Waals surface area (Å²) in [4.78, 5) is 29.6. The topological polar surface area (TPSA) is 74.7 Å². The molecule has 0 saturated heterocycles. The Morgan fingerprint density at radius 3 is 2.61 bits per heavy atom. The Hall–Kier alpha value is -3.41. The molecule has 0 atom stereocenters. The van der Waals surface area contributed by atoms with Crippen molar-refractivity contribution in [2.24, 2.45) is 0 Å². The molecule has 0 spiro atoms. The van der Waals surface area contributed by atoms with Gasteiger partial charge in [0.2, 0.25) is 0 Å². The molecule has 3 aromatic rings. The minimum atomic E-state index is -0.549. The van der Waals surface area contributed by atoms with Gasteiger partial charge in [-0.2, -0.15) is 0 Å². The van der Waals surface area contributed by atoms with Crippen molar-refractivity contribution in [3.8, 4) is 11.5 Å². The van der Waals surface area contributed by atoms with Gasteiger partial charge in [-0.25, -0.2) is 4.79 Å². The van der Waals surface area contributed by atoms with Crippen molar-refractivity contribution in [1.82, 2.24) is 4.98 Å². The molecule has 28 heavy (non-hydrogen) atoms. The number of nitrogens with zero attached hydrogens (tertiary/aromatic N) is 1. The van der Waals surface area contributed by atoms with E-state index >= 15 is 0 Å². The maximum absolute atomic E-state index is 12.6. The lowest BCUT2D eigenvalue weighted by Gasteiger charge is -2.18. The number of esters is 1. The average molecular weight is 377 g/mol. The number of aromatic nitrogens is 1. The number of ketones is 1. The zero-order valence-corrected chi connectivity index (χ0v) is 15.7. The van der Waals surface area contributed by atoms with Crippen molar-refractivity contribution in [2.45, 2.75) is 13.8 Å². The Morgan fingerprint density at radius 2 is 1.79 bits per heavy atom. The summed E-state index contributed by atoms with van der Waals surface area (Å²) in [5.74, 6) is 0.270. The number of Topliss-reactive ketones (excluding diaryl/α,β-unsaturated/α-hetero) is 1. The van der Waals surface area contributed by atoms with Gasteiger partial charge in [-0.1, -0.05) is 11.6 Å². The summed E-state index contributed by atoms with van der Waals surface area (Å²) in [6, 6.07) is 12.3. The average Bonchev–Trinajstić information content (AvgIpc) is 2.71. The van der Waals surface area contributed by atoms with Gasteiger partial charge < -0.3 is 14.2 Å².